The number of nitrogens with zero attached hydrogens (tertiary/aromatic N) is 2. The van der Waals surface area contributed by atoms with Gasteiger partial charge in [0.15, 0.2) is 0 Å². The van der Waals surface area contributed by atoms with E-state index in [2.05, 4.69) is 10.4 Å². The van der Waals surface area contributed by atoms with Gasteiger partial charge < -0.3 is 10.1 Å². The number of nitrogens with one attached hydrogen (secondary N) is 1. The predicted molar refractivity (Wildman–Crippen MR) is 73.4 cm³/mol. The van der Waals surface area contributed by atoms with E-state index in [0.717, 1.165) is 5.69 Å². The second kappa shape index (κ2) is 6.51. The molecule has 6 heteroatoms. The average molecular weight is 273 g/mol. The molecule has 20 heavy (non-hydrogen) atoms. The van der Waals surface area contributed by atoms with Crippen LogP contribution in [0.2, 0.25) is 0 Å². The van der Waals surface area contributed by atoms with Gasteiger partial charge in [-0.2, -0.15) is 5.10 Å². The molecule has 1 aromatic carbocycles. The lowest BCUT2D eigenvalue weighted by Gasteiger charge is -2.08. The van der Waals surface area contributed by atoms with Crippen LogP contribution in [0.4, 0.5) is 5.82 Å². The first-order valence-corrected chi connectivity index (χ1v) is 6.25. The minimum Gasteiger partial charge on any atom is -0.466 e. The first-order valence-electron chi connectivity index (χ1n) is 6.25. The molecule has 1 amide bonds. The fourth-order valence-corrected chi connectivity index (χ4v) is 1.70. The quantitative estimate of drug-likeness (QED) is 0.665. The predicted octanol–water partition coefficient (Wildman–Crippen LogP) is 1.76. The van der Waals surface area contributed by atoms with Crippen molar-refractivity contribution < 1.29 is 14.3 Å². The summed E-state index contributed by atoms with van der Waals surface area (Å²) in [6, 6.07) is 11.0. The Balaban J connectivity index is 2.06. The van der Waals surface area contributed by atoms with Crippen molar-refractivity contribution in [3.63, 3.8) is 0 Å². The Bertz CT molecular complexity index is 593. The number of anilines is 1. The molecule has 104 valence electrons. The largest absolute Gasteiger partial charge is 0.466 e. The Morgan fingerprint density at radius 2 is 2.00 bits per heavy atom. The van der Waals surface area contributed by atoms with E-state index in [-0.39, 0.29) is 13.0 Å². The molecule has 1 N–H and O–H groups in total. The summed E-state index contributed by atoms with van der Waals surface area (Å²) in [5, 5.41) is 6.78. The molecule has 0 radical (unpaired) electrons. The van der Waals surface area contributed by atoms with Gasteiger partial charge in [0, 0.05) is 6.07 Å². The van der Waals surface area contributed by atoms with Gasteiger partial charge >= 0.3 is 5.97 Å². The summed E-state index contributed by atoms with van der Waals surface area (Å²) in [5.74, 6) is -0.470. The third kappa shape index (κ3) is 3.44. The number of hydrogen-bond donors (Lipinski definition) is 1. The fraction of sp³-hybridized carbons (Fsp3) is 0.214. The summed E-state index contributed by atoms with van der Waals surface area (Å²) in [4.78, 5) is 23.0. The number of rotatable bonds is 5. The van der Waals surface area contributed by atoms with Crippen LogP contribution < -0.4 is 5.32 Å². The number of amides is 1. The van der Waals surface area contributed by atoms with E-state index in [0.29, 0.717) is 5.82 Å². The summed E-state index contributed by atoms with van der Waals surface area (Å²) in [6.07, 6.45) is 1.26. The lowest BCUT2D eigenvalue weighted by Crippen LogP contribution is -2.19. The second-order valence-electron chi connectivity index (χ2n) is 3.99. The number of para-hydroxylation sites is 1. The van der Waals surface area contributed by atoms with E-state index in [1.165, 1.54) is 0 Å². The highest BCUT2D eigenvalue weighted by Gasteiger charge is 2.13. The highest BCUT2D eigenvalue weighted by molar-refractivity contribution is 6.01. The maximum absolute atomic E-state index is 11.7. The molecule has 1 aromatic heterocycles. The van der Waals surface area contributed by atoms with Crippen molar-refractivity contribution in [2.75, 3.05) is 11.9 Å². The summed E-state index contributed by atoms with van der Waals surface area (Å²) in [7, 11) is 0. The Hall–Kier alpha value is -2.63. The van der Waals surface area contributed by atoms with Crippen molar-refractivity contribution in [2.45, 2.75) is 13.3 Å². The number of carbonyl (C=O) groups is 2. The third-order valence-electron chi connectivity index (χ3n) is 2.52. The highest BCUT2D eigenvalue weighted by atomic mass is 16.5. The van der Waals surface area contributed by atoms with Gasteiger partial charge in [0.1, 0.15) is 12.2 Å². The molecule has 0 saturated carbocycles. The van der Waals surface area contributed by atoms with Gasteiger partial charge in [-0.05, 0) is 19.1 Å². The molecule has 2 rings (SSSR count). The van der Waals surface area contributed by atoms with E-state index < -0.39 is 11.9 Å². The van der Waals surface area contributed by atoms with E-state index >= 15 is 0 Å². The van der Waals surface area contributed by atoms with Crippen molar-refractivity contribution >= 4 is 17.7 Å². The molecule has 0 aliphatic rings. The molecule has 0 unspecified atom stereocenters. The van der Waals surface area contributed by atoms with Gasteiger partial charge in [0.05, 0.1) is 18.5 Å². The van der Waals surface area contributed by atoms with Gasteiger partial charge in [0.2, 0.25) is 5.91 Å². The second-order valence-corrected chi connectivity index (χ2v) is 3.99. The number of hydrogen-bond acceptors (Lipinski definition) is 4. The van der Waals surface area contributed by atoms with Crippen molar-refractivity contribution in [2.24, 2.45) is 0 Å². The number of esters is 1. The minimum absolute atomic E-state index is 0.258. The first-order chi connectivity index (χ1) is 9.70. The molecule has 0 aliphatic carbocycles. The van der Waals surface area contributed by atoms with E-state index in [9.17, 15) is 9.59 Å². The maximum atomic E-state index is 11.7. The summed E-state index contributed by atoms with van der Waals surface area (Å²) < 4.78 is 6.31. The topological polar surface area (TPSA) is 73.2 Å². The first kappa shape index (κ1) is 13.8. The van der Waals surface area contributed by atoms with E-state index in [1.54, 1.807) is 23.9 Å². The highest BCUT2D eigenvalue weighted by Crippen LogP contribution is 2.14. The number of carbonyl (C=O) groups excluding carboxylic acids is 2. The van der Waals surface area contributed by atoms with Crippen molar-refractivity contribution in [3.05, 3.63) is 42.6 Å². The van der Waals surface area contributed by atoms with Crippen LogP contribution in [0, 0.1) is 0 Å². The zero-order valence-electron chi connectivity index (χ0n) is 11.1. The van der Waals surface area contributed by atoms with Crippen molar-refractivity contribution in [3.8, 4) is 5.69 Å². The summed E-state index contributed by atoms with van der Waals surface area (Å²) >= 11 is 0. The minimum atomic E-state index is -0.546. The van der Waals surface area contributed by atoms with Crippen LogP contribution in [0.15, 0.2) is 42.6 Å². The van der Waals surface area contributed by atoms with Crippen LogP contribution in [0.25, 0.3) is 5.69 Å². The zero-order chi connectivity index (χ0) is 14.4. The lowest BCUT2D eigenvalue weighted by molar-refractivity contribution is -0.145. The van der Waals surface area contributed by atoms with Gasteiger partial charge in [-0.25, -0.2) is 4.68 Å². The average Bonchev–Trinajstić information content (AvgIpc) is 2.87. The Morgan fingerprint density at radius 3 is 2.70 bits per heavy atom. The van der Waals surface area contributed by atoms with Crippen LogP contribution in [-0.4, -0.2) is 28.3 Å². The molecule has 0 fully saturated rings. The Morgan fingerprint density at radius 1 is 1.25 bits per heavy atom. The zero-order valence-corrected chi connectivity index (χ0v) is 11.1. The van der Waals surface area contributed by atoms with Crippen LogP contribution in [0.3, 0.4) is 0 Å². The van der Waals surface area contributed by atoms with Gasteiger partial charge in [-0.3, -0.25) is 9.59 Å². The van der Waals surface area contributed by atoms with E-state index in [1.807, 2.05) is 30.3 Å². The fourth-order valence-electron chi connectivity index (χ4n) is 1.70. The molecule has 0 spiro atoms. The molecular formula is C14H15N3O3. The molecule has 0 atom stereocenters. The van der Waals surface area contributed by atoms with Crippen molar-refractivity contribution in [1.82, 2.24) is 9.78 Å². The Labute approximate surface area is 116 Å². The van der Waals surface area contributed by atoms with E-state index in [4.69, 9.17) is 4.74 Å². The van der Waals surface area contributed by atoms with Crippen LogP contribution in [0.1, 0.15) is 13.3 Å². The van der Waals surface area contributed by atoms with Crippen molar-refractivity contribution in [1.29, 1.82) is 0 Å². The standard InChI is InChI=1S/C14H15N3O3/c1-2-20-14(19)10-13(18)16-12-8-9-15-17(12)11-6-4-3-5-7-11/h3-9H,2,10H2,1H3,(H,16,18). The third-order valence-corrected chi connectivity index (χ3v) is 2.52. The molecule has 0 saturated heterocycles. The van der Waals surface area contributed by atoms with Gasteiger partial charge in [-0.15, -0.1) is 0 Å². The molecule has 2 aromatic rings. The molecule has 1 heterocycles. The molecule has 0 bridgehead atoms. The van der Waals surface area contributed by atoms with Gasteiger partial charge in [0.25, 0.3) is 0 Å². The monoisotopic (exact) mass is 273 g/mol. The van der Waals surface area contributed by atoms with Gasteiger partial charge in [-0.1, -0.05) is 18.2 Å². The Kier molecular flexibility index (Phi) is 4.49. The summed E-state index contributed by atoms with van der Waals surface area (Å²) in [6.45, 7) is 1.95. The van der Waals surface area contributed by atoms with Crippen LogP contribution >= 0.6 is 0 Å². The smallest absolute Gasteiger partial charge is 0.315 e. The molecule has 6 nitrogen and oxygen atoms in total. The normalized spacial score (nSPS) is 10.1. The number of aromatic nitrogens is 2. The maximum Gasteiger partial charge on any atom is 0.315 e. The molecular weight excluding hydrogens is 258 g/mol. The van der Waals surface area contributed by atoms with Crippen LogP contribution in [-0.2, 0) is 14.3 Å². The van der Waals surface area contributed by atoms with Crippen LogP contribution in [0.5, 0.6) is 0 Å². The lowest BCUT2D eigenvalue weighted by atomic mass is 10.3. The SMILES string of the molecule is CCOC(=O)CC(=O)Nc1ccnn1-c1ccccc1. The summed E-state index contributed by atoms with van der Waals surface area (Å²) in [5.41, 5.74) is 0.823. The number of benzene rings is 1. The number of ether oxygens (including phenoxy) is 1. The molecule has 0 aliphatic heterocycles.